The Labute approximate surface area is 95.4 Å². The monoisotopic (exact) mass is 254 g/mol. The van der Waals surface area contributed by atoms with Gasteiger partial charge in [-0.1, -0.05) is 0 Å². The molecule has 1 N–H and O–H groups in total. The molecule has 14 heavy (non-hydrogen) atoms. The first-order valence-electron chi connectivity index (χ1n) is 3.23. The molecule has 0 aromatic heterocycles. The van der Waals surface area contributed by atoms with Gasteiger partial charge in [-0.15, -0.1) is 18.2 Å². The van der Waals surface area contributed by atoms with Gasteiger partial charge in [-0.3, -0.25) is 0 Å². The Morgan fingerprint density at radius 1 is 1.36 bits per heavy atom. The van der Waals surface area contributed by atoms with E-state index < -0.39 is 21.7 Å². The SMILES string of the molecule is CS(=O)(=O)Nc1ccc(F)[c-]c1F.[Ti]. The van der Waals surface area contributed by atoms with E-state index in [1.54, 1.807) is 6.07 Å². The van der Waals surface area contributed by atoms with E-state index >= 15 is 0 Å². The molecule has 0 unspecified atom stereocenters. The molecule has 0 aliphatic heterocycles. The van der Waals surface area contributed by atoms with Crippen LogP contribution in [0.5, 0.6) is 0 Å². The smallest absolute Gasteiger partial charge is 0.219 e. The average Bonchev–Trinajstić information content (AvgIpc) is 1.93. The molecule has 0 radical (unpaired) electrons. The van der Waals surface area contributed by atoms with Gasteiger partial charge in [0, 0.05) is 33.4 Å². The molecule has 0 fully saturated rings. The Balaban J connectivity index is 0.00000169. The Kier molecular flexibility index (Phi) is 4.70. The fourth-order valence-corrected chi connectivity index (χ4v) is 1.28. The molecule has 76 valence electrons. The van der Waals surface area contributed by atoms with Gasteiger partial charge in [-0.2, -0.15) is 0 Å². The Morgan fingerprint density at radius 2 is 1.93 bits per heavy atom. The second-order valence-electron chi connectivity index (χ2n) is 2.41. The van der Waals surface area contributed by atoms with E-state index in [4.69, 9.17) is 0 Å². The molecule has 0 saturated heterocycles. The van der Waals surface area contributed by atoms with Crippen molar-refractivity contribution in [3.05, 3.63) is 29.8 Å². The van der Waals surface area contributed by atoms with Crippen LogP contribution in [0.15, 0.2) is 12.1 Å². The van der Waals surface area contributed by atoms with Crippen molar-refractivity contribution < 1.29 is 38.9 Å². The third kappa shape index (κ3) is 4.17. The number of hydrogen-bond donors (Lipinski definition) is 1. The van der Waals surface area contributed by atoms with Crippen LogP contribution in [0, 0.1) is 17.7 Å². The normalized spacial score (nSPS) is 10.5. The van der Waals surface area contributed by atoms with Gasteiger partial charge >= 0.3 is 0 Å². The molecule has 0 aliphatic carbocycles. The van der Waals surface area contributed by atoms with Gasteiger partial charge in [0.2, 0.25) is 10.0 Å². The summed E-state index contributed by atoms with van der Waals surface area (Å²) < 4.78 is 48.2. The summed E-state index contributed by atoms with van der Waals surface area (Å²) in [6.07, 6.45) is 0.871. The number of halogens is 2. The molecule has 0 heterocycles. The van der Waals surface area contributed by atoms with Crippen LogP contribution < -0.4 is 4.72 Å². The average molecular weight is 254 g/mol. The molecule has 0 atom stereocenters. The summed E-state index contributed by atoms with van der Waals surface area (Å²) in [5.41, 5.74) is -0.316. The molecule has 0 aliphatic rings. The Bertz CT molecular complexity index is 422. The molecule has 0 amide bonds. The van der Waals surface area contributed by atoms with Crippen molar-refractivity contribution in [2.75, 3.05) is 11.0 Å². The van der Waals surface area contributed by atoms with Gasteiger partial charge in [0.05, 0.1) is 6.26 Å². The van der Waals surface area contributed by atoms with E-state index in [0.29, 0.717) is 0 Å². The van der Waals surface area contributed by atoms with Crippen LogP contribution >= 0.6 is 0 Å². The minimum atomic E-state index is -3.54. The summed E-state index contributed by atoms with van der Waals surface area (Å²) in [4.78, 5) is 0. The van der Waals surface area contributed by atoms with Crippen LogP contribution in [0.3, 0.4) is 0 Å². The van der Waals surface area contributed by atoms with Gasteiger partial charge < -0.3 is 4.72 Å². The molecule has 0 spiro atoms. The van der Waals surface area contributed by atoms with Crippen molar-refractivity contribution in [2.24, 2.45) is 0 Å². The molecule has 7 heteroatoms. The summed E-state index contributed by atoms with van der Waals surface area (Å²) in [7, 11) is -3.54. The summed E-state index contributed by atoms with van der Waals surface area (Å²) >= 11 is 0. The molecule has 3 nitrogen and oxygen atoms in total. The van der Waals surface area contributed by atoms with Crippen LogP contribution in [-0.2, 0) is 31.7 Å². The van der Waals surface area contributed by atoms with Gasteiger partial charge in [-0.05, 0) is 5.69 Å². The summed E-state index contributed by atoms with van der Waals surface area (Å²) in [6, 6.07) is 3.60. The maximum Gasteiger partial charge on any atom is 0.219 e. The van der Waals surface area contributed by atoms with Gasteiger partial charge in [0.1, 0.15) is 0 Å². The van der Waals surface area contributed by atoms with Gasteiger partial charge in [0.15, 0.2) is 0 Å². The van der Waals surface area contributed by atoms with E-state index in [-0.39, 0.29) is 27.4 Å². The number of anilines is 1. The van der Waals surface area contributed by atoms with Crippen molar-refractivity contribution in [2.45, 2.75) is 0 Å². The topological polar surface area (TPSA) is 46.2 Å². The first-order chi connectivity index (χ1) is 5.88. The molecule has 0 bridgehead atoms. The van der Waals surface area contributed by atoms with E-state index in [1.165, 1.54) is 0 Å². The van der Waals surface area contributed by atoms with E-state index in [1.807, 2.05) is 4.72 Å². The van der Waals surface area contributed by atoms with Crippen LogP contribution in [0.4, 0.5) is 14.5 Å². The third-order valence-corrected chi connectivity index (χ3v) is 1.75. The zero-order valence-corrected chi connectivity index (χ0v) is 9.51. The van der Waals surface area contributed by atoms with Crippen molar-refractivity contribution in [1.29, 1.82) is 0 Å². The zero-order chi connectivity index (χ0) is 10.1. The summed E-state index contributed by atoms with van der Waals surface area (Å²) in [5.74, 6) is -1.94. The predicted octanol–water partition coefficient (Wildman–Crippen LogP) is 1.13. The maximum absolute atomic E-state index is 12.8. The first-order valence-corrected chi connectivity index (χ1v) is 5.13. The minimum absolute atomic E-state index is 0. The zero-order valence-electron chi connectivity index (χ0n) is 7.14. The molecule has 1 aromatic carbocycles. The second-order valence-corrected chi connectivity index (χ2v) is 4.16. The van der Waals surface area contributed by atoms with Crippen LogP contribution in [0.2, 0.25) is 0 Å². The first kappa shape index (κ1) is 13.5. The third-order valence-electron chi connectivity index (χ3n) is 1.16. The van der Waals surface area contributed by atoms with Crippen LogP contribution in [0.1, 0.15) is 0 Å². The standard InChI is InChI=1S/C7H6F2NO2S.Ti/c1-13(11,12)10-7-3-2-5(8)4-6(7)9;/h2-3,10H,1H3;/q-1;. The number of nitrogens with one attached hydrogen (secondary N) is 1. The Hall–Kier alpha value is -0.456. The fourth-order valence-electron chi connectivity index (χ4n) is 0.722. The number of sulfonamides is 1. The molecular formula is C7H6F2NO2STi-. The summed E-state index contributed by atoms with van der Waals surface area (Å²) in [6.45, 7) is 0. The van der Waals surface area contributed by atoms with E-state index in [0.717, 1.165) is 18.4 Å². The van der Waals surface area contributed by atoms with Crippen LogP contribution in [-0.4, -0.2) is 14.7 Å². The van der Waals surface area contributed by atoms with Gasteiger partial charge in [0.25, 0.3) is 0 Å². The van der Waals surface area contributed by atoms with Crippen molar-refractivity contribution >= 4 is 15.7 Å². The number of hydrogen-bond acceptors (Lipinski definition) is 2. The Morgan fingerprint density at radius 3 is 2.36 bits per heavy atom. The van der Waals surface area contributed by atoms with Crippen molar-refractivity contribution in [1.82, 2.24) is 0 Å². The number of rotatable bonds is 2. The van der Waals surface area contributed by atoms with Crippen molar-refractivity contribution in [3.8, 4) is 0 Å². The van der Waals surface area contributed by atoms with E-state index in [2.05, 4.69) is 0 Å². The van der Waals surface area contributed by atoms with Crippen LogP contribution in [0.25, 0.3) is 0 Å². The molecule has 0 saturated carbocycles. The van der Waals surface area contributed by atoms with Crippen molar-refractivity contribution in [3.63, 3.8) is 0 Å². The quantitative estimate of drug-likeness (QED) is 0.635. The summed E-state index contributed by atoms with van der Waals surface area (Å²) in [5, 5.41) is 0. The van der Waals surface area contributed by atoms with Gasteiger partial charge in [-0.25, -0.2) is 17.2 Å². The maximum atomic E-state index is 12.8. The molecule has 1 rings (SSSR count). The second kappa shape index (κ2) is 4.86. The minimum Gasteiger partial charge on any atom is -0.334 e. The van der Waals surface area contributed by atoms with E-state index in [9.17, 15) is 17.2 Å². The predicted molar refractivity (Wildman–Crippen MR) is 43.7 cm³/mol. The molecular weight excluding hydrogens is 248 g/mol. The number of benzene rings is 1. The largest absolute Gasteiger partial charge is 0.334 e. The molecule has 1 aromatic rings. The fraction of sp³-hybridized carbons (Fsp3) is 0.143.